The van der Waals surface area contributed by atoms with Crippen LogP contribution in [0.2, 0.25) is 0 Å². The number of rotatable bonds is 3. The van der Waals surface area contributed by atoms with Crippen LogP contribution in [0.15, 0.2) is 12.4 Å². The average molecular weight is 286 g/mol. The number of ether oxygens (including phenoxy) is 1. The molecule has 0 aliphatic carbocycles. The molecule has 0 saturated carbocycles. The first kappa shape index (κ1) is 16.0. The summed E-state index contributed by atoms with van der Waals surface area (Å²) in [6.07, 6.45) is 0.964. The lowest BCUT2D eigenvalue weighted by molar-refractivity contribution is -0.112. The Labute approximate surface area is 115 Å². The normalized spacial score (nSPS) is 12.7. The summed E-state index contributed by atoms with van der Waals surface area (Å²) in [5.74, 6) is -2.00. The van der Waals surface area contributed by atoms with Crippen LogP contribution in [0.3, 0.4) is 0 Å². The van der Waals surface area contributed by atoms with Gasteiger partial charge in [0.15, 0.2) is 0 Å². The molecule has 1 atom stereocenters. The van der Waals surface area contributed by atoms with Crippen molar-refractivity contribution in [2.45, 2.75) is 32.4 Å². The van der Waals surface area contributed by atoms with E-state index < -0.39 is 34.9 Å². The molecule has 0 N–H and O–H groups in total. The van der Waals surface area contributed by atoms with Crippen LogP contribution >= 0.6 is 0 Å². The zero-order chi connectivity index (χ0) is 15.5. The summed E-state index contributed by atoms with van der Waals surface area (Å²) in [5.41, 5.74) is -1.32. The van der Waals surface area contributed by atoms with Gasteiger partial charge in [-0.3, -0.25) is 9.88 Å². The molecule has 0 aliphatic heterocycles. The first-order chi connectivity index (χ1) is 9.17. The molecule has 1 rings (SSSR count). The van der Waals surface area contributed by atoms with Gasteiger partial charge in [-0.15, -0.1) is 0 Å². The smallest absolute Gasteiger partial charge is 0.410 e. The van der Waals surface area contributed by atoms with Crippen molar-refractivity contribution < 1.29 is 23.1 Å². The van der Waals surface area contributed by atoms with Gasteiger partial charge in [-0.25, -0.2) is 13.6 Å². The molecule has 0 aromatic carbocycles. The molecule has 0 aliphatic rings. The number of hydrogen-bond acceptors (Lipinski definition) is 4. The lowest BCUT2D eigenvalue weighted by atomic mass is 10.1. The topological polar surface area (TPSA) is 59.5 Å². The van der Waals surface area contributed by atoms with Gasteiger partial charge in [-0.1, -0.05) is 0 Å². The van der Waals surface area contributed by atoms with Crippen LogP contribution in [0.5, 0.6) is 0 Å². The van der Waals surface area contributed by atoms with Gasteiger partial charge >= 0.3 is 6.09 Å². The van der Waals surface area contributed by atoms with E-state index in [1.165, 1.54) is 7.05 Å². The fraction of sp³-hybridized carbons (Fsp3) is 0.462. The average Bonchev–Trinajstić information content (AvgIpc) is 2.31. The molecular formula is C13H16F2N2O3. The summed E-state index contributed by atoms with van der Waals surface area (Å²) < 4.78 is 32.3. The number of hydrogen-bond donors (Lipinski definition) is 0. The van der Waals surface area contributed by atoms with E-state index in [2.05, 4.69) is 4.98 Å². The van der Waals surface area contributed by atoms with Gasteiger partial charge in [0.05, 0.1) is 18.0 Å². The first-order valence-corrected chi connectivity index (χ1v) is 5.87. The summed E-state index contributed by atoms with van der Waals surface area (Å²) >= 11 is 0. The van der Waals surface area contributed by atoms with Crippen molar-refractivity contribution in [3.8, 4) is 0 Å². The number of aromatic nitrogens is 1. The monoisotopic (exact) mass is 286 g/mol. The highest BCUT2D eigenvalue weighted by molar-refractivity contribution is 5.74. The maximum Gasteiger partial charge on any atom is 0.410 e. The molecule has 1 unspecified atom stereocenters. The second-order valence-corrected chi connectivity index (χ2v) is 5.19. The maximum atomic E-state index is 13.6. The zero-order valence-corrected chi connectivity index (χ0v) is 11.7. The van der Waals surface area contributed by atoms with Crippen molar-refractivity contribution in [3.05, 3.63) is 29.6 Å². The SMILES string of the molecule is CN(C(=O)OC(C)(C)C)C(C=O)c1c(F)cncc1F. The van der Waals surface area contributed by atoms with Crippen LogP contribution in [-0.2, 0) is 9.53 Å². The number of amides is 1. The lowest BCUT2D eigenvalue weighted by Crippen LogP contribution is -2.38. The largest absolute Gasteiger partial charge is 0.444 e. The third-order valence-corrected chi connectivity index (χ3v) is 2.41. The van der Waals surface area contributed by atoms with Crippen LogP contribution in [0.25, 0.3) is 0 Å². The van der Waals surface area contributed by atoms with E-state index in [0.29, 0.717) is 0 Å². The van der Waals surface area contributed by atoms with Crippen LogP contribution in [0, 0.1) is 11.6 Å². The van der Waals surface area contributed by atoms with Crippen molar-refractivity contribution in [2.75, 3.05) is 7.05 Å². The van der Waals surface area contributed by atoms with E-state index in [1.807, 2.05) is 0 Å². The highest BCUT2D eigenvalue weighted by atomic mass is 19.1. The summed E-state index contributed by atoms with van der Waals surface area (Å²) in [6, 6.07) is -1.42. The standard InChI is InChI=1S/C13H16F2N2O3/c1-13(2,3)20-12(19)17(4)10(7-18)11-8(14)5-16-6-9(11)15/h5-7,10H,1-4H3. The van der Waals surface area contributed by atoms with E-state index in [1.54, 1.807) is 20.8 Å². The summed E-state index contributed by atoms with van der Waals surface area (Å²) in [4.78, 5) is 27.1. The third kappa shape index (κ3) is 3.72. The van der Waals surface area contributed by atoms with Crippen LogP contribution in [0.1, 0.15) is 32.4 Å². The molecule has 5 nitrogen and oxygen atoms in total. The van der Waals surface area contributed by atoms with Crippen LogP contribution in [0.4, 0.5) is 13.6 Å². The number of carbonyl (C=O) groups excluding carboxylic acids is 2. The van der Waals surface area contributed by atoms with E-state index >= 15 is 0 Å². The molecule has 1 aromatic heterocycles. The lowest BCUT2D eigenvalue weighted by Gasteiger charge is -2.28. The van der Waals surface area contributed by atoms with Crippen LogP contribution in [-0.4, -0.2) is 34.9 Å². The zero-order valence-electron chi connectivity index (χ0n) is 11.7. The number of aldehydes is 1. The molecule has 0 fully saturated rings. The molecule has 0 bridgehead atoms. The Morgan fingerprint density at radius 1 is 1.35 bits per heavy atom. The van der Waals surface area contributed by atoms with Crippen LogP contribution < -0.4 is 0 Å². The number of carbonyl (C=O) groups is 2. The molecule has 7 heteroatoms. The molecule has 0 saturated heterocycles. The van der Waals surface area contributed by atoms with Gasteiger partial charge in [-0.2, -0.15) is 0 Å². The first-order valence-electron chi connectivity index (χ1n) is 5.87. The molecule has 1 heterocycles. The highest BCUT2D eigenvalue weighted by Crippen LogP contribution is 2.24. The Balaban J connectivity index is 3.08. The van der Waals surface area contributed by atoms with Crippen molar-refractivity contribution in [3.63, 3.8) is 0 Å². The van der Waals surface area contributed by atoms with Crippen molar-refractivity contribution in [2.24, 2.45) is 0 Å². The van der Waals surface area contributed by atoms with Crippen molar-refractivity contribution >= 4 is 12.4 Å². The number of pyridine rings is 1. The predicted molar refractivity (Wildman–Crippen MR) is 67.0 cm³/mol. The second kappa shape index (κ2) is 5.94. The summed E-state index contributed by atoms with van der Waals surface area (Å²) in [7, 11) is 1.23. The van der Waals surface area contributed by atoms with Crippen molar-refractivity contribution in [1.82, 2.24) is 9.88 Å². The quantitative estimate of drug-likeness (QED) is 0.801. The van der Waals surface area contributed by atoms with E-state index in [0.717, 1.165) is 17.3 Å². The third-order valence-electron chi connectivity index (χ3n) is 2.41. The highest BCUT2D eigenvalue weighted by Gasteiger charge is 2.30. The van der Waals surface area contributed by atoms with Gasteiger partial charge in [-0.05, 0) is 20.8 Å². The number of likely N-dealkylation sites (N-methyl/N-ethyl adjacent to an activating group) is 1. The molecule has 1 aromatic rings. The van der Waals surface area contributed by atoms with Gasteiger partial charge in [0.2, 0.25) is 0 Å². The Kier molecular flexibility index (Phi) is 4.75. The number of halogens is 2. The predicted octanol–water partition coefficient (Wildman–Crippen LogP) is 2.47. The molecular weight excluding hydrogens is 270 g/mol. The minimum Gasteiger partial charge on any atom is -0.444 e. The van der Waals surface area contributed by atoms with Gasteiger partial charge < -0.3 is 9.53 Å². The molecule has 110 valence electrons. The Bertz CT molecular complexity index is 495. The van der Waals surface area contributed by atoms with E-state index in [9.17, 15) is 18.4 Å². The Hall–Kier alpha value is -2.05. The molecule has 20 heavy (non-hydrogen) atoms. The molecule has 1 amide bonds. The molecule has 0 spiro atoms. The number of nitrogens with zero attached hydrogens (tertiary/aromatic N) is 2. The summed E-state index contributed by atoms with van der Waals surface area (Å²) in [6.45, 7) is 4.92. The second-order valence-electron chi connectivity index (χ2n) is 5.19. The minimum absolute atomic E-state index is 0.269. The van der Waals surface area contributed by atoms with Crippen molar-refractivity contribution in [1.29, 1.82) is 0 Å². The fourth-order valence-electron chi connectivity index (χ4n) is 1.50. The molecule has 0 radical (unpaired) electrons. The maximum absolute atomic E-state index is 13.6. The Morgan fingerprint density at radius 2 is 1.85 bits per heavy atom. The van der Waals surface area contributed by atoms with Gasteiger partial charge in [0.25, 0.3) is 0 Å². The fourth-order valence-corrected chi connectivity index (χ4v) is 1.50. The van der Waals surface area contributed by atoms with Gasteiger partial charge in [0, 0.05) is 7.05 Å². The van der Waals surface area contributed by atoms with E-state index in [4.69, 9.17) is 4.74 Å². The van der Waals surface area contributed by atoms with E-state index in [-0.39, 0.29) is 6.29 Å². The minimum atomic E-state index is -1.42. The van der Waals surface area contributed by atoms with Gasteiger partial charge in [0.1, 0.15) is 29.6 Å². The Morgan fingerprint density at radius 3 is 2.25 bits per heavy atom. The summed E-state index contributed by atoms with van der Waals surface area (Å²) in [5, 5.41) is 0.